The predicted octanol–water partition coefficient (Wildman–Crippen LogP) is 6.61. The number of nitrogens with zero attached hydrogens (tertiary/aromatic N) is 1. The van der Waals surface area contributed by atoms with Gasteiger partial charge in [-0.3, -0.25) is 0 Å². The van der Waals surface area contributed by atoms with Gasteiger partial charge >= 0.3 is 0 Å². The normalized spacial score (nSPS) is 14.8. The van der Waals surface area contributed by atoms with E-state index in [0.717, 1.165) is 49.8 Å². The number of sulfonamides is 1. The standard InChI is InChI=1S/C32H30NO3PS/c1-23-15-17-28(18-16-23)38(35,36)33-21-29-24(2)31(27-13-9-6-10-14-27)32(25(3)30(29)22-33)37(4,34)20-19-26-11-7-5-8-12-26/h5-18H,21-22H2,1-4H3/t37-/m1/s1. The topological polar surface area (TPSA) is 54.5 Å². The summed E-state index contributed by atoms with van der Waals surface area (Å²) in [5, 5.41) is 0.720. The van der Waals surface area contributed by atoms with Gasteiger partial charge < -0.3 is 4.57 Å². The molecule has 4 aromatic rings. The molecule has 6 heteroatoms. The van der Waals surface area contributed by atoms with Crippen molar-refractivity contribution in [2.45, 2.75) is 38.8 Å². The highest BCUT2D eigenvalue weighted by molar-refractivity contribution is 7.89. The molecule has 1 atom stereocenters. The third-order valence-electron chi connectivity index (χ3n) is 7.24. The molecule has 0 aliphatic carbocycles. The van der Waals surface area contributed by atoms with E-state index >= 15 is 0 Å². The quantitative estimate of drug-likeness (QED) is 0.217. The highest BCUT2D eigenvalue weighted by atomic mass is 32.2. The Bertz CT molecular complexity index is 1730. The van der Waals surface area contributed by atoms with E-state index in [1.807, 2.05) is 93.6 Å². The molecule has 0 amide bonds. The minimum atomic E-state index is -3.69. The van der Waals surface area contributed by atoms with Crippen molar-refractivity contribution in [1.29, 1.82) is 0 Å². The number of fused-ring (bicyclic) bond motifs is 1. The molecule has 192 valence electrons. The summed E-state index contributed by atoms with van der Waals surface area (Å²) >= 11 is 0. The van der Waals surface area contributed by atoms with Crippen molar-refractivity contribution >= 4 is 22.5 Å². The van der Waals surface area contributed by atoms with Crippen molar-refractivity contribution in [3.05, 3.63) is 118 Å². The molecule has 38 heavy (non-hydrogen) atoms. The van der Waals surface area contributed by atoms with Crippen LogP contribution in [0, 0.1) is 32.4 Å². The molecule has 0 bridgehead atoms. The Labute approximate surface area is 225 Å². The molecule has 4 nitrogen and oxygen atoms in total. The fourth-order valence-corrected chi connectivity index (χ4v) is 8.55. The minimum Gasteiger partial charge on any atom is -0.305 e. The summed E-state index contributed by atoms with van der Waals surface area (Å²) in [7, 11) is -6.86. The summed E-state index contributed by atoms with van der Waals surface area (Å²) in [6.07, 6.45) is 0. The fraction of sp³-hybridized carbons (Fsp3) is 0.188. The lowest BCUT2D eigenvalue weighted by atomic mass is 9.91. The van der Waals surface area contributed by atoms with E-state index in [9.17, 15) is 13.0 Å². The molecule has 1 heterocycles. The van der Waals surface area contributed by atoms with Gasteiger partial charge in [0.25, 0.3) is 0 Å². The van der Waals surface area contributed by atoms with Crippen LogP contribution in [0.4, 0.5) is 0 Å². The zero-order valence-electron chi connectivity index (χ0n) is 22.0. The maximum atomic E-state index is 14.4. The molecule has 0 N–H and O–H groups in total. The molecule has 1 aliphatic heterocycles. The second-order valence-corrected chi connectivity index (χ2v) is 14.4. The smallest absolute Gasteiger partial charge is 0.243 e. The van der Waals surface area contributed by atoms with Crippen molar-refractivity contribution in [2.75, 3.05) is 6.66 Å². The number of rotatable bonds is 4. The molecule has 0 saturated heterocycles. The maximum Gasteiger partial charge on any atom is 0.243 e. The number of aryl methyl sites for hydroxylation is 1. The van der Waals surface area contributed by atoms with E-state index in [1.54, 1.807) is 18.8 Å². The van der Waals surface area contributed by atoms with Gasteiger partial charge in [-0.15, -0.1) is 0 Å². The maximum absolute atomic E-state index is 14.4. The van der Waals surface area contributed by atoms with Gasteiger partial charge in [0.05, 0.1) is 4.90 Å². The summed E-state index contributed by atoms with van der Waals surface area (Å²) in [5.41, 5.74) is 10.5. The molecule has 0 aromatic heterocycles. The van der Waals surface area contributed by atoms with Crippen LogP contribution in [0.1, 0.15) is 33.4 Å². The summed E-state index contributed by atoms with van der Waals surface area (Å²) in [5.74, 6) is 3.12. The van der Waals surface area contributed by atoms with Crippen LogP contribution in [0.5, 0.6) is 0 Å². The molecule has 0 unspecified atom stereocenters. The Hall–Kier alpha value is -3.42. The van der Waals surface area contributed by atoms with Gasteiger partial charge in [-0.05, 0) is 84.1 Å². The van der Waals surface area contributed by atoms with Gasteiger partial charge in [0, 0.05) is 30.6 Å². The van der Waals surface area contributed by atoms with Crippen LogP contribution in [0.2, 0.25) is 0 Å². The summed E-state index contributed by atoms with van der Waals surface area (Å²) in [6.45, 7) is 8.15. The molecule has 0 radical (unpaired) electrons. The van der Waals surface area contributed by atoms with Crippen LogP contribution >= 0.6 is 7.14 Å². The number of benzene rings is 4. The highest BCUT2D eigenvalue weighted by Gasteiger charge is 2.36. The van der Waals surface area contributed by atoms with E-state index in [-0.39, 0.29) is 18.0 Å². The van der Waals surface area contributed by atoms with Crippen LogP contribution < -0.4 is 5.30 Å². The first kappa shape index (κ1) is 26.2. The molecule has 0 saturated carbocycles. The average Bonchev–Trinajstić information content (AvgIpc) is 3.38. The Morgan fingerprint density at radius 2 is 1.32 bits per heavy atom. The second kappa shape index (κ2) is 10.0. The van der Waals surface area contributed by atoms with Crippen LogP contribution in [-0.2, 0) is 27.7 Å². The third kappa shape index (κ3) is 4.76. The SMILES string of the molecule is Cc1ccc(S(=O)(=O)N2Cc3c(C)c(-c4ccccc4)c([P@](C)(=O)C#Cc4ccccc4)c(C)c3C2)cc1. The van der Waals surface area contributed by atoms with Gasteiger partial charge in [-0.1, -0.05) is 72.1 Å². The average molecular weight is 540 g/mol. The highest BCUT2D eigenvalue weighted by Crippen LogP contribution is 2.47. The van der Waals surface area contributed by atoms with Gasteiger partial charge in [-0.2, -0.15) is 4.31 Å². The van der Waals surface area contributed by atoms with Gasteiger partial charge in [0.15, 0.2) is 7.14 Å². The first-order chi connectivity index (χ1) is 18.1. The van der Waals surface area contributed by atoms with Crippen molar-refractivity contribution in [2.24, 2.45) is 0 Å². The summed E-state index contributed by atoms with van der Waals surface area (Å²) < 4.78 is 43.1. The van der Waals surface area contributed by atoms with E-state index in [0.29, 0.717) is 0 Å². The Morgan fingerprint density at radius 3 is 1.92 bits per heavy atom. The van der Waals surface area contributed by atoms with E-state index in [2.05, 4.69) is 11.6 Å². The Kier molecular flexibility index (Phi) is 6.92. The zero-order chi connectivity index (χ0) is 27.1. The monoisotopic (exact) mass is 539 g/mol. The molecular formula is C32H30NO3PS. The van der Waals surface area contributed by atoms with Crippen LogP contribution in [0.3, 0.4) is 0 Å². The number of hydrogen-bond donors (Lipinski definition) is 0. The zero-order valence-corrected chi connectivity index (χ0v) is 23.7. The van der Waals surface area contributed by atoms with Crippen LogP contribution in [0.25, 0.3) is 11.1 Å². The summed E-state index contributed by atoms with van der Waals surface area (Å²) in [4.78, 5) is 0.282. The lowest BCUT2D eigenvalue weighted by Crippen LogP contribution is -2.25. The number of hydrogen-bond acceptors (Lipinski definition) is 3. The molecule has 5 rings (SSSR count). The van der Waals surface area contributed by atoms with Crippen LogP contribution in [-0.4, -0.2) is 19.4 Å². The molecule has 0 spiro atoms. The van der Waals surface area contributed by atoms with E-state index in [4.69, 9.17) is 0 Å². The van der Waals surface area contributed by atoms with Crippen molar-refractivity contribution in [3.63, 3.8) is 0 Å². The summed E-state index contributed by atoms with van der Waals surface area (Å²) in [6, 6.07) is 26.4. The predicted molar refractivity (Wildman–Crippen MR) is 155 cm³/mol. The largest absolute Gasteiger partial charge is 0.305 e. The van der Waals surface area contributed by atoms with Gasteiger partial charge in [0.1, 0.15) is 0 Å². The van der Waals surface area contributed by atoms with E-state index in [1.165, 1.54) is 4.31 Å². The fourth-order valence-electron chi connectivity index (χ4n) is 5.22. The van der Waals surface area contributed by atoms with Crippen molar-refractivity contribution in [1.82, 2.24) is 4.31 Å². The Balaban J connectivity index is 1.68. The van der Waals surface area contributed by atoms with Gasteiger partial charge in [0.2, 0.25) is 10.0 Å². The Morgan fingerprint density at radius 1 is 0.763 bits per heavy atom. The van der Waals surface area contributed by atoms with Crippen molar-refractivity contribution < 1.29 is 13.0 Å². The molecular weight excluding hydrogens is 509 g/mol. The van der Waals surface area contributed by atoms with Crippen LogP contribution in [0.15, 0.2) is 89.8 Å². The lowest BCUT2D eigenvalue weighted by molar-refractivity contribution is 0.431. The third-order valence-corrected chi connectivity index (χ3v) is 11.0. The lowest BCUT2D eigenvalue weighted by Gasteiger charge is -2.22. The second-order valence-electron chi connectivity index (χ2n) is 9.91. The molecule has 4 aromatic carbocycles. The van der Waals surface area contributed by atoms with Crippen molar-refractivity contribution in [3.8, 4) is 22.7 Å². The first-order valence-electron chi connectivity index (χ1n) is 12.5. The molecule has 0 fully saturated rings. The van der Waals surface area contributed by atoms with E-state index < -0.39 is 17.2 Å². The minimum absolute atomic E-state index is 0.242. The molecule has 1 aliphatic rings. The first-order valence-corrected chi connectivity index (χ1v) is 16.1. The van der Waals surface area contributed by atoms with Gasteiger partial charge in [-0.25, -0.2) is 8.42 Å².